The lowest BCUT2D eigenvalue weighted by Crippen LogP contribution is -2.16. The second kappa shape index (κ2) is 5.25. The van der Waals surface area contributed by atoms with Crippen molar-refractivity contribution in [3.63, 3.8) is 0 Å². The van der Waals surface area contributed by atoms with Crippen LogP contribution in [0.1, 0.15) is 6.42 Å². The molecule has 0 aliphatic rings. The molecule has 0 radical (unpaired) electrons. The summed E-state index contributed by atoms with van der Waals surface area (Å²) in [5.41, 5.74) is 6.83. The molecule has 1 amide bonds. The van der Waals surface area contributed by atoms with Gasteiger partial charge in [-0.1, -0.05) is 12.1 Å². The van der Waals surface area contributed by atoms with Gasteiger partial charge in [-0.2, -0.15) is 0 Å². The third kappa shape index (κ3) is 2.81. The van der Waals surface area contributed by atoms with Gasteiger partial charge < -0.3 is 11.1 Å². The highest BCUT2D eigenvalue weighted by atomic mass is 79.9. The standard InChI is InChI=1S/C12H12BrN3O/c13-9-6-8-2-1-3-10(12(8)15-7-9)16-11(17)4-5-14/h1-3,6-7H,4-5,14H2,(H,16,17). The number of aromatic nitrogens is 1. The van der Waals surface area contributed by atoms with Crippen LogP contribution < -0.4 is 11.1 Å². The Balaban J connectivity index is 2.37. The number of amides is 1. The van der Waals surface area contributed by atoms with E-state index in [0.29, 0.717) is 18.7 Å². The fraction of sp³-hybridized carbons (Fsp3) is 0.167. The minimum Gasteiger partial charge on any atom is -0.330 e. The molecule has 5 heteroatoms. The van der Waals surface area contributed by atoms with E-state index in [2.05, 4.69) is 26.2 Å². The molecule has 0 fully saturated rings. The fourth-order valence-corrected chi connectivity index (χ4v) is 1.93. The van der Waals surface area contributed by atoms with Crippen molar-refractivity contribution < 1.29 is 4.79 Å². The van der Waals surface area contributed by atoms with Crippen molar-refractivity contribution in [2.75, 3.05) is 11.9 Å². The van der Waals surface area contributed by atoms with Gasteiger partial charge in [0.15, 0.2) is 0 Å². The lowest BCUT2D eigenvalue weighted by molar-refractivity contribution is -0.116. The summed E-state index contributed by atoms with van der Waals surface area (Å²) < 4.78 is 0.912. The zero-order valence-corrected chi connectivity index (χ0v) is 10.7. The first-order valence-corrected chi connectivity index (χ1v) is 6.04. The van der Waals surface area contributed by atoms with Crippen LogP contribution in [0, 0.1) is 0 Å². The molecule has 17 heavy (non-hydrogen) atoms. The minimum atomic E-state index is -0.0929. The summed E-state index contributed by atoms with van der Waals surface area (Å²) in [5.74, 6) is -0.0929. The lowest BCUT2D eigenvalue weighted by atomic mass is 10.2. The van der Waals surface area contributed by atoms with Gasteiger partial charge in [0.05, 0.1) is 11.2 Å². The topological polar surface area (TPSA) is 68.0 Å². The molecule has 0 bridgehead atoms. The van der Waals surface area contributed by atoms with Crippen LogP contribution in [0.25, 0.3) is 10.9 Å². The SMILES string of the molecule is NCCC(=O)Nc1cccc2cc(Br)cnc12. The molecule has 0 saturated heterocycles. The Bertz CT molecular complexity index is 556. The van der Waals surface area contributed by atoms with Crippen LogP contribution in [0.4, 0.5) is 5.69 Å². The number of rotatable bonds is 3. The number of anilines is 1. The predicted molar refractivity (Wildman–Crippen MR) is 71.7 cm³/mol. The van der Waals surface area contributed by atoms with Crippen molar-refractivity contribution in [3.8, 4) is 0 Å². The third-order valence-corrected chi connectivity index (χ3v) is 2.76. The molecular formula is C12H12BrN3O. The van der Waals surface area contributed by atoms with Crippen LogP contribution in [-0.4, -0.2) is 17.4 Å². The van der Waals surface area contributed by atoms with Gasteiger partial charge in [-0.25, -0.2) is 0 Å². The molecule has 1 aromatic carbocycles. The number of carbonyl (C=O) groups is 1. The van der Waals surface area contributed by atoms with Gasteiger partial charge in [-0.05, 0) is 28.1 Å². The molecule has 0 spiro atoms. The normalized spacial score (nSPS) is 10.5. The second-order valence-corrected chi connectivity index (χ2v) is 4.53. The number of benzene rings is 1. The Morgan fingerprint density at radius 2 is 2.29 bits per heavy atom. The average molecular weight is 294 g/mol. The Morgan fingerprint density at radius 1 is 1.47 bits per heavy atom. The van der Waals surface area contributed by atoms with Crippen LogP contribution in [0.2, 0.25) is 0 Å². The van der Waals surface area contributed by atoms with Gasteiger partial charge in [0.1, 0.15) is 0 Å². The molecule has 0 unspecified atom stereocenters. The van der Waals surface area contributed by atoms with E-state index in [0.717, 1.165) is 15.4 Å². The number of hydrogen-bond donors (Lipinski definition) is 2. The number of nitrogens with two attached hydrogens (primary N) is 1. The van der Waals surface area contributed by atoms with Crippen LogP contribution in [0.15, 0.2) is 34.9 Å². The zero-order chi connectivity index (χ0) is 12.3. The fourth-order valence-electron chi connectivity index (χ4n) is 1.58. The average Bonchev–Trinajstić information content (AvgIpc) is 2.29. The van der Waals surface area contributed by atoms with Crippen molar-refractivity contribution in [2.24, 2.45) is 5.73 Å². The summed E-state index contributed by atoms with van der Waals surface area (Å²) in [6, 6.07) is 7.62. The van der Waals surface area contributed by atoms with Crippen LogP contribution in [0.5, 0.6) is 0 Å². The Kier molecular flexibility index (Phi) is 3.71. The summed E-state index contributed by atoms with van der Waals surface area (Å²) >= 11 is 3.37. The van der Waals surface area contributed by atoms with E-state index in [4.69, 9.17) is 5.73 Å². The third-order valence-electron chi connectivity index (χ3n) is 2.32. The van der Waals surface area contributed by atoms with E-state index < -0.39 is 0 Å². The molecule has 1 heterocycles. The van der Waals surface area contributed by atoms with Crippen molar-refractivity contribution in [1.29, 1.82) is 0 Å². The van der Waals surface area contributed by atoms with E-state index >= 15 is 0 Å². The highest BCUT2D eigenvalue weighted by molar-refractivity contribution is 9.10. The number of pyridine rings is 1. The van der Waals surface area contributed by atoms with Crippen molar-refractivity contribution in [1.82, 2.24) is 4.98 Å². The number of hydrogen-bond acceptors (Lipinski definition) is 3. The van der Waals surface area contributed by atoms with E-state index in [9.17, 15) is 4.79 Å². The molecular weight excluding hydrogens is 282 g/mol. The predicted octanol–water partition coefficient (Wildman–Crippen LogP) is 2.28. The monoisotopic (exact) mass is 293 g/mol. The molecule has 1 aromatic heterocycles. The van der Waals surface area contributed by atoms with Gasteiger partial charge in [-0.3, -0.25) is 9.78 Å². The number of carbonyl (C=O) groups excluding carboxylic acids is 1. The van der Waals surface area contributed by atoms with Crippen LogP contribution >= 0.6 is 15.9 Å². The number of para-hydroxylation sites is 1. The summed E-state index contributed by atoms with van der Waals surface area (Å²) in [4.78, 5) is 15.8. The lowest BCUT2D eigenvalue weighted by Gasteiger charge is -2.07. The summed E-state index contributed by atoms with van der Waals surface area (Å²) in [5, 5.41) is 3.79. The maximum atomic E-state index is 11.5. The van der Waals surface area contributed by atoms with Crippen LogP contribution in [-0.2, 0) is 4.79 Å². The molecule has 2 aromatic rings. The van der Waals surface area contributed by atoms with Crippen molar-refractivity contribution >= 4 is 38.4 Å². The minimum absolute atomic E-state index is 0.0929. The quantitative estimate of drug-likeness (QED) is 0.912. The largest absolute Gasteiger partial charge is 0.330 e. The Hall–Kier alpha value is -1.46. The highest BCUT2D eigenvalue weighted by Gasteiger charge is 2.06. The van der Waals surface area contributed by atoms with Crippen molar-refractivity contribution in [2.45, 2.75) is 6.42 Å². The molecule has 0 aliphatic heterocycles. The number of halogens is 1. The van der Waals surface area contributed by atoms with Gasteiger partial charge in [-0.15, -0.1) is 0 Å². The smallest absolute Gasteiger partial charge is 0.225 e. The van der Waals surface area contributed by atoms with Crippen LogP contribution in [0.3, 0.4) is 0 Å². The first-order chi connectivity index (χ1) is 8.20. The molecule has 0 aliphatic carbocycles. The molecule has 0 saturated carbocycles. The number of fused-ring (bicyclic) bond motifs is 1. The number of nitrogens with one attached hydrogen (secondary N) is 1. The van der Waals surface area contributed by atoms with E-state index in [1.807, 2.05) is 24.3 Å². The van der Waals surface area contributed by atoms with E-state index in [1.165, 1.54) is 0 Å². The number of nitrogens with zero attached hydrogens (tertiary/aromatic N) is 1. The summed E-state index contributed by atoms with van der Waals surface area (Å²) in [6.45, 7) is 0.343. The molecule has 88 valence electrons. The van der Waals surface area contributed by atoms with E-state index in [1.54, 1.807) is 6.20 Å². The summed E-state index contributed by atoms with van der Waals surface area (Å²) in [7, 11) is 0. The summed E-state index contributed by atoms with van der Waals surface area (Å²) in [6.07, 6.45) is 2.02. The van der Waals surface area contributed by atoms with Gasteiger partial charge in [0.2, 0.25) is 5.91 Å². The molecule has 3 N–H and O–H groups in total. The first-order valence-electron chi connectivity index (χ1n) is 5.25. The zero-order valence-electron chi connectivity index (χ0n) is 9.11. The van der Waals surface area contributed by atoms with E-state index in [-0.39, 0.29) is 5.91 Å². The molecule has 2 rings (SSSR count). The van der Waals surface area contributed by atoms with Crippen molar-refractivity contribution in [3.05, 3.63) is 34.9 Å². The highest BCUT2D eigenvalue weighted by Crippen LogP contribution is 2.23. The Morgan fingerprint density at radius 3 is 3.06 bits per heavy atom. The van der Waals surface area contributed by atoms with Gasteiger partial charge in [0.25, 0.3) is 0 Å². The maximum absolute atomic E-state index is 11.5. The maximum Gasteiger partial charge on any atom is 0.225 e. The van der Waals surface area contributed by atoms with Gasteiger partial charge >= 0.3 is 0 Å². The first kappa shape index (κ1) is 12.0. The molecule has 0 atom stereocenters. The van der Waals surface area contributed by atoms with Gasteiger partial charge in [0, 0.05) is 29.0 Å². The second-order valence-electron chi connectivity index (χ2n) is 3.62. The Labute approximate surface area is 107 Å². The molecule has 4 nitrogen and oxygen atoms in total.